The zero-order valence-corrected chi connectivity index (χ0v) is 16.6. The SMILES string of the molecule is CCCc1cc(=O)oc2cc(C)cc(OCC(=O)NC[C@H](O)c3ccccc3)c12. The van der Waals surface area contributed by atoms with E-state index in [0.717, 1.165) is 23.1 Å². The summed E-state index contributed by atoms with van der Waals surface area (Å²) in [5.41, 5.74) is 2.50. The molecule has 3 rings (SSSR count). The summed E-state index contributed by atoms with van der Waals surface area (Å²) < 4.78 is 11.1. The van der Waals surface area contributed by atoms with E-state index in [0.29, 0.717) is 23.1 Å². The summed E-state index contributed by atoms with van der Waals surface area (Å²) in [7, 11) is 0. The van der Waals surface area contributed by atoms with Crippen LogP contribution in [0.1, 0.15) is 36.1 Å². The Hall–Kier alpha value is -3.12. The molecule has 2 N–H and O–H groups in total. The molecule has 0 fully saturated rings. The van der Waals surface area contributed by atoms with Gasteiger partial charge in [0.25, 0.3) is 5.91 Å². The first-order valence-electron chi connectivity index (χ1n) is 9.67. The highest BCUT2D eigenvalue weighted by molar-refractivity contribution is 5.88. The standard InChI is InChI=1S/C23H25NO5/c1-3-7-17-12-22(27)29-20-11-15(2)10-19(23(17)20)28-14-21(26)24-13-18(25)16-8-5-4-6-9-16/h4-6,8-12,18,25H,3,7,13-14H2,1-2H3,(H,24,26)/t18-/m0/s1. The van der Waals surface area contributed by atoms with Crippen LogP contribution in [0.4, 0.5) is 0 Å². The minimum absolute atomic E-state index is 0.0940. The Morgan fingerprint density at radius 3 is 2.69 bits per heavy atom. The van der Waals surface area contributed by atoms with Crippen molar-refractivity contribution in [1.82, 2.24) is 5.32 Å². The van der Waals surface area contributed by atoms with E-state index in [9.17, 15) is 14.7 Å². The van der Waals surface area contributed by atoms with Gasteiger partial charge in [0.05, 0.1) is 11.5 Å². The zero-order valence-electron chi connectivity index (χ0n) is 16.6. The summed E-state index contributed by atoms with van der Waals surface area (Å²) in [6, 6.07) is 14.2. The maximum absolute atomic E-state index is 12.2. The predicted molar refractivity (Wildman–Crippen MR) is 111 cm³/mol. The molecule has 29 heavy (non-hydrogen) atoms. The number of aliphatic hydroxyl groups is 1. The lowest BCUT2D eigenvalue weighted by Gasteiger charge is -2.14. The van der Waals surface area contributed by atoms with Gasteiger partial charge in [0.15, 0.2) is 6.61 Å². The minimum Gasteiger partial charge on any atom is -0.483 e. The van der Waals surface area contributed by atoms with Gasteiger partial charge in [-0.05, 0) is 42.2 Å². The number of ether oxygens (including phenoxy) is 1. The van der Waals surface area contributed by atoms with Crippen molar-refractivity contribution in [2.45, 2.75) is 32.8 Å². The van der Waals surface area contributed by atoms with Crippen molar-refractivity contribution in [3.8, 4) is 5.75 Å². The largest absolute Gasteiger partial charge is 0.483 e. The number of aryl methyl sites for hydroxylation is 2. The second-order valence-corrected chi connectivity index (χ2v) is 7.00. The van der Waals surface area contributed by atoms with Gasteiger partial charge < -0.3 is 19.6 Å². The molecule has 1 atom stereocenters. The molecule has 152 valence electrons. The van der Waals surface area contributed by atoms with Crippen LogP contribution in [0.15, 0.2) is 57.7 Å². The van der Waals surface area contributed by atoms with Gasteiger partial charge in [0.1, 0.15) is 11.3 Å². The van der Waals surface area contributed by atoms with Crippen molar-refractivity contribution in [1.29, 1.82) is 0 Å². The molecule has 0 aliphatic rings. The minimum atomic E-state index is -0.787. The van der Waals surface area contributed by atoms with Crippen LogP contribution >= 0.6 is 0 Å². The maximum atomic E-state index is 12.2. The average Bonchev–Trinajstić information content (AvgIpc) is 2.70. The lowest BCUT2D eigenvalue weighted by molar-refractivity contribution is -0.123. The number of nitrogens with one attached hydrogen (secondary N) is 1. The van der Waals surface area contributed by atoms with E-state index in [1.54, 1.807) is 18.2 Å². The molecule has 6 heteroatoms. The number of fused-ring (bicyclic) bond motifs is 1. The smallest absolute Gasteiger partial charge is 0.336 e. The first kappa shape index (κ1) is 20.6. The Balaban J connectivity index is 1.71. The molecule has 3 aromatic rings. The van der Waals surface area contributed by atoms with Crippen LogP contribution in [-0.4, -0.2) is 24.2 Å². The fraction of sp³-hybridized carbons (Fsp3) is 0.304. The number of carbonyl (C=O) groups is 1. The van der Waals surface area contributed by atoms with E-state index in [2.05, 4.69) is 5.32 Å². The molecule has 0 saturated carbocycles. The Morgan fingerprint density at radius 1 is 1.21 bits per heavy atom. The lowest BCUT2D eigenvalue weighted by atomic mass is 10.0. The Kier molecular flexibility index (Phi) is 6.67. The van der Waals surface area contributed by atoms with E-state index in [4.69, 9.17) is 9.15 Å². The van der Waals surface area contributed by atoms with Crippen LogP contribution in [0.5, 0.6) is 5.75 Å². The summed E-state index contributed by atoms with van der Waals surface area (Å²) in [6.07, 6.45) is 0.783. The molecule has 1 aromatic heterocycles. The number of benzene rings is 2. The summed E-state index contributed by atoms with van der Waals surface area (Å²) in [5.74, 6) is 0.162. The highest BCUT2D eigenvalue weighted by atomic mass is 16.5. The molecule has 1 amide bonds. The quantitative estimate of drug-likeness (QED) is 0.572. The molecule has 0 aliphatic heterocycles. The van der Waals surface area contributed by atoms with Gasteiger partial charge in [0, 0.05) is 12.6 Å². The van der Waals surface area contributed by atoms with Crippen LogP contribution in [0, 0.1) is 6.92 Å². The summed E-state index contributed by atoms with van der Waals surface area (Å²) in [5, 5.41) is 13.5. The van der Waals surface area contributed by atoms with Gasteiger partial charge in [-0.15, -0.1) is 0 Å². The average molecular weight is 395 g/mol. The molecule has 0 radical (unpaired) electrons. The fourth-order valence-corrected chi connectivity index (χ4v) is 3.25. The number of rotatable bonds is 8. The normalized spacial score (nSPS) is 12.0. The van der Waals surface area contributed by atoms with Crippen molar-refractivity contribution in [2.24, 2.45) is 0 Å². The number of amides is 1. The highest BCUT2D eigenvalue weighted by Crippen LogP contribution is 2.30. The molecular formula is C23H25NO5. The summed E-state index contributed by atoms with van der Waals surface area (Å²) in [4.78, 5) is 24.1. The molecule has 0 spiro atoms. The third-order valence-corrected chi connectivity index (χ3v) is 4.59. The fourth-order valence-electron chi connectivity index (χ4n) is 3.25. The van der Waals surface area contributed by atoms with E-state index in [1.807, 2.05) is 38.1 Å². The summed E-state index contributed by atoms with van der Waals surface area (Å²) >= 11 is 0. The number of aliphatic hydroxyl groups excluding tert-OH is 1. The number of hydrogen-bond donors (Lipinski definition) is 2. The third kappa shape index (κ3) is 5.23. The van der Waals surface area contributed by atoms with Crippen molar-refractivity contribution in [2.75, 3.05) is 13.2 Å². The Bertz CT molecular complexity index is 1040. The number of carbonyl (C=O) groups excluding carboxylic acids is 1. The Labute approximate surface area is 169 Å². The van der Waals surface area contributed by atoms with Crippen LogP contribution in [-0.2, 0) is 11.2 Å². The van der Waals surface area contributed by atoms with Gasteiger partial charge in [0.2, 0.25) is 0 Å². The topological polar surface area (TPSA) is 88.8 Å². The molecule has 0 aliphatic carbocycles. The zero-order chi connectivity index (χ0) is 20.8. The first-order valence-corrected chi connectivity index (χ1v) is 9.67. The molecular weight excluding hydrogens is 370 g/mol. The van der Waals surface area contributed by atoms with E-state index in [-0.39, 0.29) is 19.1 Å². The van der Waals surface area contributed by atoms with Gasteiger partial charge in [-0.25, -0.2) is 4.79 Å². The van der Waals surface area contributed by atoms with Gasteiger partial charge in [-0.3, -0.25) is 4.79 Å². The molecule has 0 bridgehead atoms. The van der Waals surface area contributed by atoms with Crippen LogP contribution in [0.25, 0.3) is 11.0 Å². The molecule has 0 unspecified atom stereocenters. The van der Waals surface area contributed by atoms with E-state index in [1.165, 1.54) is 6.07 Å². The van der Waals surface area contributed by atoms with Crippen molar-refractivity contribution in [3.05, 3.63) is 75.6 Å². The maximum Gasteiger partial charge on any atom is 0.336 e. The van der Waals surface area contributed by atoms with Crippen molar-refractivity contribution in [3.63, 3.8) is 0 Å². The summed E-state index contributed by atoms with van der Waals surface area (Å²) in [6.45, 7) is 3.79. The first-order chi connectivity index (χ1) is 14.0. The molecule has 2 aromatic carbocycles. The second-order valence-electron chi connectivity index (χ2n) is 7.00. The second kappa shape index (κ2) is 9.39. The molecule has 6 nitrogen and oxygen atoms in total. The third-order valence-electron chi connectivity index (χ3n) is 4.59. The van der Waals surface area contributed by atoms with Crippen molar-refractivity contribution >= 4 is 16.9 Å². The van der Waals surface area contributed by atoms with Gasteiger partial charge in [-0.2, -0.15) is 0 Å². The molecule has 1 heterocycles. The predicted octanol–water partition coefficient (Wildman–Crippen LogP) is 3.28. The van der Waals surface area contributed by atoms with Crippen LogP contribution < -0.4 is 15.7 Å². The van der Waals surface area contributed by atoms with Crippen LogP contribution in [0.3, 0.4) is 0 Å². The lowest BCUT2D eigenvalue weighted by Crippen LogP contribution is -2.32. The molecule has 0 saturated heterocycles. The van der Waals surface area contributed by atoms with Gasteiger partial charge >= 0.3 is 5.63 Å². The van der Waals surface area contributed by atoms with Crippen LogP contribution in [0.2, 0.25) is 0 Å². The van der Waals surface area contributed by atoms with E-state index < -0.39 is 11.7 Å². The monoisotopic (exact) mass is 395 g/mol. The van der Waals surface area contributed by atoms with E-state index >= 15 is 0 Å². The highest BCUT2D eigenvalue weighted by Gasteiger charge is 2.14. The van der Waals surface area contributed by atoms with Gasteiger partial charge in [-0.1, -0.05) is 43.7 Å². The number of hydrogen-bond acceptors (Lipinski definition) is 5. The van der Waals surface area contributed by atoms with Crippen molar-refractivity contribution < 1.29 is 19.1 Å². The Morgan fingerprint density at radius 2 is 1.97 bits per heavy atom.